The molecule has 0 radical (unpaired) electrons. The Morgan fingerprint density at radius 1 is 0.964 bits per heavy atom. The minimum Gasteiger partial charge on any atom is -0.481 e. The molecule has 9 nitrogen and oxygen atoms in total. The molecule has 1 aromatic carbocycles. The average Bonchev–Trinajstić information content (AvgIpc) is 2.63. The van der Waals surface area contributed by atoms with E-state index < -0.39 is 41.6 Å². The summed E-state index contributed by atoms with van der Waals surface area (Å²) in [6.45, 7) is 3.49. The summed E-state index contributed by atoms with van der Waals surface area (Å²) >= 11 is 0. The fourth-order valence-electron chi connectivity index (χ4n) is 2.67. The normalized spacial score (nSPS) is 14.4. The van der Waals surface area contributed by atoms with Crippen LogP contribution in [0.1, 0.15) is 53.0 Å². The Morgan fingerprint density at radius 2 is 1.57 bits per heavy atom. The number of hydrogen-bond donors (Lipinski definition) is 5. The van der Waals surface area contributed by atoms with Crippen LogP contribution in [0.15, 0.2) is 18.2 Å². The SMILES string of the molecule is CC(C)C(N)C(=O)c1c(CC(N)C(=O)O)cccc1C(=O)C(N)CCC(=O)O. The lowest BCUT2D eigenvalue weighted by atomic mass is 9.85. The monoisotopic (exact) mass is 393 g/mol. The van der Waals surface area contributed by atoms with E-state index in [9.17, 15) is 19.2 Å². The molecule has 3 unspecified atom stereocenters. The van der Waals surface area contributed by atoms with Gasteiger partial charge >= 0.3 is 11.9 Å². The Balaban J connectivity index is 3.42. The molecule has 28 heavy (non-hydrogen) atoms. The third-order valence-corrected chi connectivity index (χ3v) is 4.45. The van der Waals surface area contributed by atoms with E-state index in [0.717, 1.165) is 0 Å². The van der Waals surface area contributed by atoms with E-state index >= 15 is 0 Å². The molecule has 0 saturated carbocycles. The number of carbonyl (C=O) groups is 4. The van der Waals surface area contributed by atoms with E-state index in [1.165, 1.54) is 18.2 Å². The predicted molar refractivity (Wildman–Crippen MR) is 102 cm³/mol. The highest BCUT2D eigenvalue weighted by Crippen LogP contribution is 2.22. The van der Waals surface area contributed by atoms with Gasteiger partial charge in [0.1, 0.15) is 6.04 Å². The number of carboxylic acids is 2. The zero-order valence-corrected chi connectivity index (χ0v) is 15.9. The standard InChI is InChI=1S/C19H27N3O6/c1-9(2)16(22)18(26)15-10(8-13(21)19(27)28)4-3-5-11(15)17(25)12(20)6-7-14(23)24/h3-5,9,12-13,16H,6-8,20-22H2,1-2H3,(H,23,24)(H,27,28). The van der Waals surface area contributed by atoms with E-state index in [2.05, 4.69) is 0 Å². The summed E-state index contributed by atoms with van der Waals surface area (Å²) in [4.78, 5) is 47.6. The lowest BCUT2D eigenvalue weighted by Gasteiger charge is -2.21. The van der Waals surface area contributed by atoms with Crippen molar-refractivity contribution >= 4 is 23.5 Å². The van der Waals surface area contributed by atoms with Gasteiger partial charge < -0.3 is 27.4 Å². The number of carbonyl (C=O) groups excluding carboxylic acids is 2. The highest BCUT2D eigenvalue weighted by atomic mass is 16.4. The third kappa shape index (κ3) is 5.95. The van der Waals surface area contributed by atoms with Crippen LogP contribution in [0.2, 0.25) is 0 Å². The zero-order chi connectivity index (χ0) is 21.6. The van der Waals surface area contributed by atoms with Crippen molar-refractivity contribution in [2.45, 2.75) is 51.2 Å². The third-order valence-electron chi connectivity index (χ3n) is 4.45. The van der Waals surface area contributed by atoms with Crippen LogP contribution < -0.4 is 17.2 Å². The summed E-state index contributed by atoms with van der Waals surface area (Å²) in [5.74, 6) is -3.69. The van der Waals surface area contributed by atoms with Crippen LogP contribution >= 0.6 is 0 Å². The lowest BCUT2D eigenvalue weighted by molar-refractivity contribution is -0.139. The molecule has 0 saturated heterocycles. The summed E-state index contributed by atoms with van der Waals surface area (Å²) in [5.41, 5.74) is 17.7. The zero-order valence-electron chi connectivity index (χ0n) is 15.9. The summed E-state index contributed by atoms with van der Waals surface area (Å²) in [6, 6.07) is 1.11. The number of Topliss-reactive ketones (excluding diaryl/α,β-unsaturated/α-hetero) is 2. The maximum Gasteiger partial charge on any atom is 0.320 e. The first-order valence-corrected chi connectivity index (χ1v) is 8.89. The molecule has 0 fully saturated rings. The first-order valence-electron chi connectivity index (χ1n) is 8.89. The number of nitrogens with two attached hydrogens (primary N) is 3. The topological polar surface area (TPSA) is 187 Å². The number of benzene rings is 1. The van der Waals surface area contributed by atoms with Crippen LogP contribution in [0.4, 0.5) is 0 Å². The van der Waals surface area contributed by atoms with Crippen molar-refractivity contribution in [2.75, 3.05) is 0 Å². The molecular formula is C19H27N3O6. The van der Waals surface area contributed by atoms with Crippen LogP contribution in [-0.2, 0) is 16.0 Å². The average molecular weight is 393 g/mol. The van der Waals surface area contributed by atoms with Crippen molar-refractivity contribution in [1.29, 1.82) is 0 Å². The molecule has 0 heterocycles. The van der Waals surface area contributed by atoms with Gasteiger partial charge in [-0.3, -0.25) is 19.2 Å². The van der Waals surface area contributed by atoms with Gasteiger partial charge in [-0.1, -0.05) is 32.0 Å². The molecule has 0 bridgehead atoms. The first kappa shape index (κ1) is 23.4. The number of rotatable bonds is 11. The highest BCUT2D eigenvalue weighted by Gasteiger charge is 2.29. The minimum absolute atomic E-state index is 0.00354. The highest BCUT2D eigenvalue weighted by molar-refractivity contribution is 6.13. The van der Waals surface area contributed by atoms with Gasteiger partial charge in [0.05, 0.1) is 12.1 Å². The number of carboxylic acid groups (broad SMARTS) is 2. The molecule has 0 aromatic heterocycles. The van der Waals surface area contributed by atoms with Gasteiger partial charge in [-0.15, -0.1) is 0 Å². The fourth-order valence-corrected chi connectivity index (χ4v) is 2.67. The molecular weight excluding hydrogens is 366 g/mol. The van der Waals surface area contributed by atoms with E-state index in [4.69, 9.17) is 27.4 Å². The predicted octanol–water partition coefficient (Wildman–Crippen LogP) is 0.182. The van der Waals surface area contributed by atoms with Gasteiger partial charge in [0.2, 0.25) is 0 Å². The molecule has 8 N–H and O–H groups in total. The van der Waals surface area contributed by atoms with Gasteiger partial charge in [-0.25, -0.2) is 0 Å². The Hall–Kier alpha value is -2.62. The van der Waals surface area contributed by atoms with Crippen LogP contribution in [0.3, 0.4) is 0 Å². The quantitative estimate of drug-likeness (QED) is 0.327. The second kappa shape index (κ2) is 10.1. The van der Waals surface area contributed by atoms with Crippen molar-refractivity contribution in [3.05, 3.63) is 34.9 Å². The van der Waals surface area contributed by atoms with E-state index in [-0.39, 0.29) is 41.9 Å². The van der Waals surface area contributed by atoms with Gasteiger partial charge in [0.15, 0.2) is 11.6 Å². The van der Waals surface area contributed by atoms with Gasteiger partial charge in [-0.05, 0) is 24.3 Å². The summed E-state index contributed by atoms with van der Waals surface area (Å²) in [6.07, 6.45) is -0.575. The lowest BCUT2D eigenvalue weighted by Crippen LogP contribution is -2.39. The summed E-state index contributed by atoms with van der Waals surface area (Å²) < 4.78 is 0. The van der Waals surface area contributed by atoms with Crippen molar-refractivity contribution in [1.82, 2.24) is 0 Å². The van der Waals surface area contributed by atoms with E-state index in [0.29, 0.717) is 0 Å². The minimum atomic E-state index is -1.27. The van der Waals surface area contributed by atoms with E-state index in [1.807, 2.05) is 0 Å². The van der Waals surface area contributed by atoms with Crippen molar-refractivity contribution < 1.29 is 29.4 Å². The maximum absolute atomic E-state index is 13.0. The van der Waals surface area contributed by atoms with Crippen LogP contribution in [0.25, 0.3) is 0 Å². The molecule has 9 heteroatoms. The van der Waals surface area contributed by atoms with E-state index in [1.54, 1.807) is 13.8 Å². The molecule has 0 spiro atoms. The largest absolute Gasteiger partial charge is 0.481 e. The Labute approximate surface area is 162 Å². The smallest absolute Gasteiger partial charge is 0.320 e. The molecule has 1 aromatic rings. The van der Waals surface area contributed by atoms with Crippen molar-refractivity contribution in [3.8, 4) is 0 Å². The fraction of sp³-hybridized carbons (Fsp3) is 0.474. The first-order chi connectivity index (χ1) is 13.0. The molecule has 0 aliphatic carbocycles. The number of ketones is 2. The molecule has 0 amide bonds. The van der Waals surface area contributed by atoms with Crippen LogP contribution in [-0.4, -0.2) is 51.8 Å². The summed E-state index contributed by atoms with van der Waals surface area (Å²) in [7, 11) is 0. The van der Waals surface area contributed by atoms with Crippen molar-refractivity contribution in [3.63, 3.8) is 0 Å². The molecule has 0 aliphatic heterocycles. The maximum atomic E-state index is 13.0. The van der Waals surface area contributed by atoms with Gasteiger partial charge in [-0.2, -0.15) is 0 Å². The van der Waals surface area contributed by atoms with Crippen LogP contribution in [0.5, 0.6) is 0 Å². The van der Waals surface area contributed by atoms with Gasteiger partial charge in [0, 0.05) is 17.5 Å². The molecule has 3 atom stereocenters. The second-order valence-corrected chi connectivity index (χ2v) is 7.03. The molecule has 154 valence electrons. The second-order valence-electron chi connectivity index (χ2n) is 7.03. The van der Waals surface area contributed by atoms with Crippen LogP contribution in [0, 0.1) is 5.92 Å². The molecule has 1 rings (SSSR count). The van der Waals surface area contributed by atoms with Gasteiger partial charge in [0.25, 0.3) is 0 Å². The Bertz CT molecular complexity index is 762. The van der Waals surface area contributed by atoms with Crippen molar-refractivity contribution in [2.24, 2.45) is 23.1 Å². The Morgan fingerprint density at radius 3 is 2.07 bits per heavy atom. The molecule has 0 aliphatic rings. The Kier molecular flexibility index (Phi) is 8.42. The number of aliphatic carboxylic acids is 2. The summed E-state index contributed by atoms with van der Waals surface area (Å²) in [5, 5.41) is 17.9. The number of hydrogen-bond acceptors (Lipinski definition) is 7.